The minimum Gasteiger partial charge on any atom is -0.353 e. The van der Waals surface area contributed by atoms with E-state index in [9.17, 15) is 9.59 Å². The molecule has 6 heteroatoms. The van der Waals surface area contributed by atoms with Crippen LogP contribution in [0.25, 0.3) is 0 Å². The zero-order chi connectivity index (χ0) is 19.7. The Balaban J connectivity index is 1.41. The van der Waals surface area contributed by atoms with E-state index in [0.717, 1.165) is 43.7 Å². The first-order valence-electron chi connectivity index (χ1n) is 10.5. The molecule has 2 fully saturated rings. The molecule has 0 radical (unpaired) electrons. The Morgan fingerprint density at radius 3 is 2.64 bits per heavy atom. The maximum Gasteiger partial charge on any atom is 0.251 e. The van der Waals surface area contributed by atoms with Gasteiger partial charge in [-0.1, -0.05) is 12.5 Å². The zero-order valence-corrected chi connectivity index (χ0v) is 16.9. The number of hydrogen-bond acceptors (Lipinski definition) is 4. The first kappa shape index (κ1) is 19.0. The fourth-order valence-corrected chi connectivity index (χ4v) is 4.86. The molecule has 0 spiro atoms. The second kappa shape index (κ2) is 7.94. The molecule has 1 unspecified atom stereocenters. The topological polar surface area (TPSA) is 56.8 Å². The van der Waals surface area contributed by atoms with Crippen molar-refractivity contribution < 1.29 is 9.59 Å². The summed E-state index contributed by atoms with van der Waals surface area (Å²) in [7, 11) is 0. The molecule has 0 bridgehead atoms. The van der Waals surface area contributed by atoms with E-state index < -0.39 is 0 Å². The summed E-state index contributed by atoms with van der Waals surface area (Å²) in [5.41, 5.74) is 2.03. The van der Waals surface area contributed by atoms with Gasteiger partial charge < -0.3 is 14.7 Å². The van der Waals surface area contributed by atoms with Gasteiger partial charge in [0.05, 0.1) is 12.5 Å². The molecule has 2 amide bonds. The number of amides is 2. The van der Waals surface area contributed by atoms with Crippen LogP contribution in [0.3, 0.4) is 0 Å². The van der Waals surface area contributed by atoms with Crippen molar-refractivity contribution in [2.24, 2.45) is 0 Å². The molecule has 1 saturated carbocycles. The molecule has 4 rings (SSSR count). The van der Waals surface area contributed by atoms with Crippen molar-refractivity contribution in [1.29, 1.82) is 0 Å². The van der Waals surface area contributed by atoms with E-state index in [1.165, 1.54) is 12.0 Å². The third-order valence-electron chi connectivity index (χ3n) is 6.28. The summed E-state index contributed by atoms with van der Waals surface area (Å²) in [6, 6.07) is 6.31. The maximum absolute atomic E-state index is 13.0. The molecule has 1 aromatic heterocycles. The Labute approximate surface area is 167 Å². The van der Waals surface area contributed by atoms with Crippen LogP contribution in [0.15, 0.2) is 35.5 Å². The van der Waals surface area contributed by atoms with Crippen molar-refractivity contribution in [3.63, 3.8) is 0 Å². The average molecular weight is 383 g/mol. The normalized spacial score (nSPS) is 22.9. The lowest BCUT2D eigenvalue weighted by Crippen LogP contribution is -2.49. The number of fused-ring (bicyclic) bond motifs is 1. The number of pyridine rings is 1. The van der Waals surface area contributed by atoms with Crippen LogP contribution in [-0.2, 0) is 9.59 Å². The lowest BCUT2D eigenvalue weighted by Gasteiger charge is -2.35. The third kappa shape index (κ3) is 3.52. The number of carbonyl (C=O) groups excluding carboxylic acids is 2. The van der Waals surface area contributed by atoms with Crippen molar-refractivity contribution in [2.45, 2.75) is 58.0 Å². The Morgan fingerprint density at radius 1 is 1.18 bits per heavy atom. The Hall–Kier alpha value is -2.37. The molecule has 6 nitrogen and oxygen atoms in total. The van der Waals surface area contributed by atoms with Crippen molar-refractivity contribution in [3.05, 3.63) is 35.5 Å². The van der Waals surface area contributed by atoms with E-state index in [0.29, 0.717) is 13.1 Å². The van der Waals surface area contributed by atoms with Crippen LogP contribution in [0.4, 0.5) is 5.82 Å². The molecule has 0 N–H and O–H groups in total. The molecule has 0 aromatic carbocycles. The van der Waals surface area contributed by atoms with Gasteiger partial charge in [0.25, 0.3) is 5.91 Å². The largest absolute Gasteiger partial charge is 0.353 e. The van der Waals surface area contributed by atoms with Crippen LogP contribution in [0.1, 0.15) is 46.0 Å². The fraction of sp³-hybridized carbons (Fsp3) is 0.591. The lowest BCUT2D eigenvalue weighted by molar-refractivity contribution is -0.134. The highest BCUT2D eigenvalue weighted by molar-refractivity contribution is 6.02. The van der Waals surface area contributed by atoms with Gasteiger partial charge in [-0.15, -0.1) is 0 Å². The lowest BCUT2D eigenvalue weighted by atomic mass is 9.88. The number of carbonyl (C=O) groups is 2. The molecule has 3 heterocycles. The summed E-state index contributed by atoms with van der Waals surface area (Å²) >= 11 is 0. The molecule has 150 valence electrons. The number of rotatable bonds is 4. The van der Waals surface area contributed by atoms with Gasteiger partial charge in [-0.3, -0.25) is 9.59 Å². The fourth-order valence-electron chi connectivity index (χ4n) is 4.86. The Bertz CT molecular complexity index is 766. The number of hydrogen-bond donors (Lipinski definition) is 0. The van der Waals surface area contributed by atoms with E-state index in [-0.39, 0.29) is 30.3 Å². The number of aromatic nitrogens is 1. The summed E-state index contributed by atoms with van der Waals surface area (Å²) in [5, 5.41) is 0. The minimum atomic E-state index is 0.0893. The minimum absolute atomic E-state index is 0.0893. The first-order chi connectivity index (χ1) is 13.6. The van der Waals surface area contributed by atoms with Crippen molar-refractivity contribution >= 4 is 17.6 Å². The molecule has 1 saturated heterocycles. The predicted octanol–water partition coefficient (Wildman–Crippen LogP) is 2.61. The third-order valence-corrected chi connectivity index (χ3v) is 6.28. The summed E-state index contributed by atoms with van der Waals surface area (Å²) in [4.78, 5) is 36.6. The van der Waals surface area contributed by atoms with Gasteiger partial charge in [0.15, 0.2) is 0 Å². The second-order valence-electron chi connectivity index (χ2n) is 8.30. The van der Waals surface area contributed by atoms with Gasteiger partial charge >= 0.3 is 0 Å². The van der Waals surface area contributed by atoms with Crippen LogP contribution >= 0.6 is 0 Å². The molecule has 28 heavy (non-hydrogen) atoms. The van der Waals surface area contributed by atoms with Gasteiger partial charge in [0, 0.05) is 44.0 Å². The predicted molar refractivity (Wildman–Crippen MR) is 109 cm³/mol. The summed E-state index contributed by atoms with van der Waals surface area (Å²) in [6.45, 7) is 7.08. The van der Waals surface area contributed by atoms with Gasteiger partial charge in [0.2, 0.25) is 5.91 Å². The van der Waals surface area contributed by atoms with Crippen LogP contribution < -0.4 is 4.90 Å². The highest BCUT2D eigenvalue weighted by atomic mass is 16.2. The molecular weight excluding hydrogens is 352 g/mol. The quantitative estimate of drug-likeness (QED) is 0.803. The van der Waals surface area contributed by atoms with E-state index in [4.69, 9.17) is 0 Å². The van der Waals surface area contributed by atoms with Gasteiger partial charge in [-0.05, 0) is 50.8 Å². The molecule has 2 aliphatic heterocycles. The monoisotopic (exact) mass is 382 g/mol. The van der Waals surface area contributed by atoms with Gasteiger partial charge in [0.1, 0.15) is 5.82 Å². The second-order valence-corrected chi connectivity index (χ2v) is 8.30. The van der Waals surface area contributed by atoms with Gasteiger partial charge in [-0.2, -0.15) is 0 Å². The Kier molecular flexibility index (Phi) is 5.38. The van der Waals surface area contributed by atoms with Crippen LogP contribution in [-0.4, -0.2) is 64.9 Å². The summed E-state index contributed by atoms with van der Waals surface area (Å²) in [6.07, 6.45) is 6.37. The number of nitrogens with zero attached hydrogens (tertiary/aromatic N) is 4. The standard InChI is InChI=1S/C22H30N4O2/c1-16(2)26-19-8-4-3-7-17(19)18(22(26)28)15-21(27)25-13-11-24(12-14-25)20-9-5-6-10-23-20/h5-6,9-10,16,19H,3-4,7-8,11-15H2,1-2H3. The summed E-state index contributed by atoms with van der Waals surface area (Å²) < 4.78 is 0. The van der Waals surface area contributed by atoms with E-state index in [2.05, 4.69) is 23.7 Å². The van der Waals surface area contributed by atoms with Crippen LogP contribution in [0.5, 0.6) is 0 Å². The van der Waals surface area contributed by atoms with Crippen LogP contribution in [0.2, 0.25) is 0 Å². The van der Waals surface area contributed by atoms with Crippen molar-refractivity contribution in [3.8, 4) is 0 Å². The van der Waals surface area contributed by atoms with E-state index in [1.54, 1.807) is 6.20 Å². The molecule has 1 aliphatic carbocycles. The van der Waals surface area contributed by atoms with Crippen molar-refractivity contribution in [1.82, 2.24) is 14.8 Å². The zero-order valence-electron chi connectivity index (χ0n) is 16.9. The SMILES string of the molecule is CC(C)N1C(=O)C(CC(=O)N2CCN(c3ccccn3)CC2)=C2CCCCC21. The van der Waals surface area contributed by atoms with Gasteiger partial charge in [-0.25, -0.2) is 4.98 Å². The smallest absolute Gasteiger partial charge is 0.251 e. The number of anilines is 1. The maximum atomic E-state index is 13.0. The molecule has 1 aromatic rings. The summed E-state index contributed by atoms with van der Waals surface area (Å²) in [5.74, 6) is 1.15. The first-order valence-corrected chi connectivity index (χ1v) is 10.5. The Morgan fingerprint density at radius 2 is 1.96 bits per heavy atom. The highest BCUT2D eigenvalue weighted by Gasteiger charge is 2.41. The van der Waals surface area contributed by atoms with E-state index in [1.807, 2.05) is 28.0 Å². The highest BCUT2D eigenvalue weighted by Crippen LogP contribution is 2.39. The van der Waals surface area contributed by atoms with Crippen LogP contribution in [0, 0.1) is 0 Å². The number of piperazine rings is 1. The molecule has 1 atom stereocenters. The molecular formula is C22H30N4O2. The van der Waals surface area contributed by atoms with Crippen molar-refractivity contribution in [2.75, 3.05) is 31.1 Å². The molecule has 3 aliphatic rings. The van der Waals surface area contributed by atoms with E-state index >= 15 is 0 Å². The average Bonchev–Trinajstić information content (AvgIpc) is 3.00.